The molecule has 0 aliphatic rings. The number of rotatable bonds is 9. The second kappa shape index (κ2) is 8.84. The summed E-state index contributed by atoms with van der Waals surface area (Å²) in [6.07, 6.45) is 6.94. The first-order valence-electron chi connectivity index (χ1n) is 8.80. The van der Waals surface area contributed by atoms with Gasteiger partial charge in [-0.2, -0.15) is 0 Å². The van der Waals surface area contributed by atoms with Crippen LogP contribution in [0.3, 0.4) is 0 Å². The fraction of sp³-hybridized carbons (Fsp3) is 0.684. The number of hydrogen-bond donors (Lipinski definition) is 1. The van der Waals surface area contributed by atoms with Crippen molar-refractivity contribution in [2.45, 2.75) is 85.0 Å². The summed E-state index contributed by atoms with van der Waals surface area (Å²) in [6.45, 7) is 12.6. The number of unbranched alkanes of at least 4 members (excludes halogenated alkanes) is 5. The molecule has 0 saturated carbocycles. The summed E-state index contributed by atoms with van der Waals surface area (Å²) in [4.78, 5) is 0.476. The van der Waals surface area contributed by atoms with Crippen LogP contribution in [0, 0.1) is 34.6 Å². The fourth-order valence-corrected chi connectivity index (χ4v) is 4.72. The minimum absolute atomic E-state index is 0.476. The normalized spacial score (nSPS) is 11.9. The average molecular weight is 340 g/mol. The van der Waals surface area contributed by atoms with Crippen molar-refractivity contribution >= 4 is 10.0 Å². The molecular formula is C19H33NO2S. The quantitative estimate of drug-likeness (QED) is 0.653. The third kappa shape index (κ3) is 5.05. The van der Waals surface area contributed by atoms with Crippen LogP contribution in [0.25, 0.3) is 0 Å². The lowest BCUT2D eigenvalue weighted by Gasteiger charge is -2.19. The van der Waals surface area contributed by atoms with Crippen LogP contribution >= 0.6 is 0 Å². The highest BCUT2D eigenvalue weighted by molar-refractivity contribution is 7.89. The van der Waals surface area contributed by atoms with E-state index in [1.54, 1.807) is 0 Å². The SMILES string of the molecule is CCCCCCCCNS(=O)(=O)c1c(C)c(C)c(C)c(C)c1C. The number of nitrogens with one attached hydrogen (secondary N) is 1. The minimum Gasteiger partial charge on any atom is -0.211 e. The average Bonchev–Trinajstić information content (AvgIpc) is 2.50. The van der Waals surface area contributed by atoms with E-state index < -0.39 is 10.0 Å². The van der Waals surface area contributed by atoms with Crippen LogP contribution in [0.2, 0.25) is 0 Å². The Morgan fingerprint density at radius 1 is 0.696 bits per heavy atom. The van der Waals surface area contributed by atoms with Crippen molar-refractivity contribution in [3.8, 4) is 0 Å². The van der Waals surface area contributed by atoms with E-state index in [0.717, 1.165) is 35.1 Å². The summed E-state index contributed by atoms with van der Waals surface area (Å²) in [5.41, 5.74) is 5.10. The first-order chi connectivity index (χ1) is 10.7. The van der Waals surface area contributed by atoms with Gasteiger partial charge in [0.05, 0.1) is 4.90 Å². The second-order valence-electron chi connectivity index (χ2n) is 6.62. The van der Waals surface area contributed by atoms with E-state index in [0.29, 0.717) is 11.4 Å². The Morgan fingerprint density at radius 3 is 1.65 bits per heavy atom. The summed E-state index contributed by atoms with van der Waals surface area (Å²) in [7, 11) is -3.43. The zero-order valence-corrected chi connectivity index (χ0v) is 16.5. The number of hydrogen-bond acceptors (Lipinski definition) is 2. The van der Waals surface area contributed by atoms with Crippen molar-refractivity contribution in [3.05, 3.63) is 27.8 Å². The van der Waals surface area contributed by atoms with Crippen molar-refractivity contribution < 1.29 is 8.42 Å². The molecule has 3 nitrogen and oxygen atoms in total. The van der Waals surface area contributed by atoms with Crippen LogP contribution in [-0.4, -0.2) is 15.0 Å². The van der Waals surface area contributed by atoms with Gasteiger partial charge in [-0.1, -0.05) is 39.0 Å². The lowest BCUT2D eigenvalue weighted by atomic mass is 9.95. The number of benzene rings is 1. The van der Waals surface area contributed by atoms with Gasteiger partial charge in [-0.05, 0) is 68.9 Å². The van der Waals surface area contributed by atoms with Crippen molar-refractivity contribution in [1.29, 1.82) is 0 Å². The fourth-order valence-electron chi connectivity index (χ4n) is 3.05. The van der Waals surface area contributed by atoms with Gasteiger partial charge in [-0.15, -0.1) is 0 Å². The van der Waals surface area contributed by atoms with E-state index in [-0.39, 0.29) is 0 Å². The second-order valence-corrected chi connectivity index (χ2v) is 8.32. The maximum atomic E-state index is 12.7. The van der Waals surface area contributed by atoms with Gasteiger partial charge in [-0.3, -0.25) is 0 Å². The predicted octanol–water partition coefficient (Wildman–Crippen LogP) is 4.87. The Morgan fingerprint density at radius 2 is 1.13 bits per heavy atom. The maximum absolute atomic E-state index is 12.7. The number of sulfonamides is 1. The first kappa shape index (κ1) is 20.2. The molecule has 1 aromatic rings. The minimum atomic E-state index is -3.43. The van der Waals surface area contributed by atoms with E-state index in [9.17, 15) is 8.42 Å². The van der Waals surface area contributed by atoms with E-state index >= 15 is 0 Å². The maximum Gasteiger partial charge on any atom is 0.241 e. The molecule has 1 N–H and O–H groups in total. The van der Waals surface area contributed by atoms with E-state index in [4.69, 9.17) is 0 Å². The van der Waals surface area contributed by atoms with E-state index in [1.165, 1.54) is 31.2 Å². The largest absolute Gasteiger partial charge is 0.241 e. The Labute approximate surface area is 142 Å². The van der Waals surface area contributed by atoms with Crippen LogP contribution in [0.4, 0.5) is 0 Å². The summed E-state index contributed by atoms with van der Waals surface area (Å²) >= 11 is 0. The molecule has 0 unspecified atom stereocenters. The zero-order chi connectivity index (χ0) is 17.6. The molecule has 0 bridgehead atoms. The Bertz CT molecular complexity index is 604. The third-order valence-electron chi connectivity index (χ3n) is 5.02. The van der Waals surface area contributed by atoms with E-state index in [2.05, 4.69) is 18.6 Å². The molecule has 0 atom stereocenters. The lowest BCUT2D eigenvalue weighted by Crippen LogP contribution is -2.27. The van der Waals surface area contributed by atoms with Crippen molar-refractivity contribution in [1.82, 2.24) is 4.72 Å². The van der Waals surface area contributed by atoms with Crippen LogP contribution < -0.4 is 4.72 Å². The van der Waals surface area contributed by atoms with Gasteiger partial charge in [0.15, 0.2) is 0 Å². The van der Waals surface area contributed by atoms with Crippen molar-refractivity contribution in [3.63, 3.8) is 0 Å². The topological polar surface area (TPSA) is 46.2 Å². The van der Waals surface area contributed by atoms with Crippen LogP contribution in [0.15, 0.2) is 4.90 Å². The van der Waals surface area contributed by atoms with Gasteiger partial charge in [0.1, 0.15) is 0 Å². The summed E-state index contributed by atoms with van der Waals surface area (Å²) in [6, 6.07) is 0. The molecule has 1 rings (SSSR count). The van der Waals surface area contributed by atoms with Gasteiger partial charge in [0, 0.05) is 6.54 Å². The molecule has 0 aromatic heterocycles. The molecule has 0 aliphatic carbocycles. The third-order valence-corrected chi connectivity index (χ3v) is 6.76. The van der Waals surface area contributed by atoms with Crippen LogP contribution in [-0.2, 0) is 10.0 Å². The molecule has 0 heterocycles. The molecule has 1 aromatic carbocycles. The highest BCUT2D eigenvalue weighted by atomic mass is 32.2. The van der Waals surface area contributed by atoms with Crippen LogP contribution in [0.1, 0.15) is 73.3 Å². The Hall–Kier alpha value is -0.870. The first-order valence-corrected chi connectivity index (χ1v) is 10.3. The Balaban J connectivity index is 2.78. The van der Waals surface area contributed by atoms with Gasteiger partial charge < -0.3 is 0 Å². The lowest BCUT2D eigenvalue weighted by molar-refractivity contribution is 0.566. The van der Waals surface area contributed by atoms with Gasteiger partial charge >= 0.3 is 0 Å². The molecule has 0 fully saturated rings. The smallest absolute Gasteiger partial charge is 0.211 e. The molecule has 0 spiro atoms. The summed E-state index contributed by atoms with van der Waals surface area (Å²) in [5, 5.41) is 0. The van der Waals surface area contributed by atoms with Crippen LogP contribution in [0.5, 0.6) is 0 Å². The van der Waals surface area contributed by atoms with Crippen molar-refractivity contribution in [2.24, 2.45) is 0 Å². The molecule has 132 valence electrons. The van der Waals surface area contributed by atoms with Crippen molar-refractivity contribution in [2.75, 3.05) is 6.54 Å². The van der Waals surface area contributed by atoms with Gasteiger partial charge in [-0.25, -0.2) is 13.1 Å². The monoisotopic (exact) mass is 339 g/mol. The molecule has 0 aliphatic heterocycles. The van der Waals surface area contributed by atoms with Gasteiger partial charge in [0.25, 0.3) is 0 Å². The molecule has 0 saturated heterocycles. The van der Waals surface area contributed by atoms with E-state index in [1.807, 2.05) is 27.7 Å². The highest BCUT2D eigenvalue weighted by Gasteiger charge is 2.22. The summed E-state index contributed by atoms with van der Waals surface area (Å²) in [5.74, 6) is 0. The zero-order valence-electron chi connectivity index (χ0n) is 15.7. The molecule has 0 radical (unpaired) electrons. The van der Waals surface area contributed by atoms with Gasteiger partial charge in [0.2, 0.25) is 10.0 Å². The standard InChI is InChI=1S/C19H33NO2S/c1-7-8-9-10-11-12-13-20-23(21,22)19-17(5)15(3)14(2)16(4)18(19)6/h20H,7-13H2,1-6H3. The predicted molar refractivity (Wildman–Crippen MR) is 98.7 cm³/mol. The Kier molecular flexibility index (Phi) is 7.75. The molecule has 0 amide bonds. The molecule has 23 heavy (non-hydrogen) atoms. The highest BCUT2D eigenvalue weighted by Crippen LogP contribution is 2.29. The molecule has 4 heteroatoms. The summed E-state index contributed by atoms with van der Waals surface area (Å²) < 4.78 is 28.2. The molecular weight excluding hydrogens is 306 g/mol.